The van der Waals surface area contributed by atoms with Crippen molar-refractivity contribution in [2.24, 2.45) is 0 Å². The normalized spacial score (nSPS) is 16.5. The van der Waals surface area contributed by atoms with E-state index in [1.165, 1.54) is 0 Å². The smallest absolute Gasteiger partial charge is 0.335 e. The lowest BCUT2D eigenvalue weighted by atomic mass is 10.0. The summed E-state index contributed by atoms with van der Waals surface area (Å²) in [5.74, 6) is -0.104. The number of hydrogen-bond donors (Lipinski definition) is 1. The summed E-state index contributed by atoms with van der Waals surface area (Å²) in [4.78, 5) is 26.0. The molecule has 1 heterocycles. The monoisotopic (exact) mass is 353 g/mol. The average Bonchev–Trinajstić information content (AvgIpc) is 3.16. The first kappa shape index (κ1) is 18.0. The summed E-state index contributed by atoms with van der Waals surface area (Å²) in [5, 5.41) is 9.28. The van der Waals surface area contributed by atoms with Crippen LogP contribution in [-0.4, -0.2) is 35.5 Å². The molecule has 0 spiro atoms. The van der Waals surface area contributed by atoms with Gasteiger partial charge in [0.05, 0.1) is 18.7 Å². The lowest BCUT2D eigenvalue weighted by Crippen LogP contribution is -2.31. The Kier molecular flexibility index (Phi) is 5.56. The number of carboxylic acids is 1. The Morgan fingerprint density at radius 3 is 2.65 bits per heavy atom. The molecule has 1 saturated heterocycles. The molecule has 136 valence electrons. The lowest BCUT2D eigenvalue weighted by molar-refractivity contribution is -0.132. The highest BCUT2D eigenvalue weighted by molar-refractivity contribution is 5.89. The molecule has 1 N–H and O–H groups in total. The zero-order chi connectivity index (χ0) is 18.5. The Morgan fingerprint density at radius 1 is 1.15 bits per heavy atom. The molecule has 1 aliphatic rings. The maximum Gasteiger partial charge on any atom is 0.335 e. The Labute approximate surface area is 153 Å². The van der Waals surface area contributed by atoms with E-state index in [1.54, 1.807) is 31.4 Å². The number of nitrogens with zero attached hydrogens (tertiary/aromatic N) is 1. The van der Waals surface area contributed by atoms with E-state index in [4.69, 9.17) is 4.74 Å². The second-order valence-corrected chi connectivity index (χ2v) is 6.45. The van der Waals surface area contributed by atoms with Crippen LogP contribution >= 0.6 is 0 Å². The largest absolute Gasteiger partial charge is 0.496 e. The number of carboxylic acid groups (broad SMARTS) is 1. The summed E-state index contributed by atoms with van der Waals surface area (Å²) in [6.07, 6.45) is 2.60. The van der Waals surface area contributed by atoms with Gasteiger partial charge < -0.3 is 14.7 Å². The van der Waals surface area contributed by atoms with E-state index in [2.05, 4.69) is 0 Å². The molecule has 1 atom stereocenters. The summed E-state index contributed by atoms with van der Waals surface area (Å²) >= 11 is 0. The van der Waals surface area contributed by atoms with Crippen LogP contribution in [0.15, 0.2) is 48.5 Å². The molecule has 2 aromatic carbocycles. The summed E-state index contributed by atoms with van der Waals surface area (Å²) in [5.41, 5.74) is 2.00. The highest BCUT2D eigenvalue weighted by Gasteiger charge is 2.31. The molecule has 0 bridgehead atoms. The summed E-state index contributed by atoms with van der Waals surface area (Å²) in [6.45, 7) is 0.724. The molecular weight excluding hydrogens is 330 g/mol. The predicted octanol–water partition coefficient (Wildman–Crippen LogP) is 3.69. The van der Waals surface area contributed by atoms with E-state index in [-0.39, 0.29) is 17.5 Å². The minimum absolute atomic E-state index is 0.0216. The van der Waals surface area contributed by atoms with Crippen LogP contribution in [-0.2, 0) is 11.2 Å². The number of ether oxygens (including phenoxy) is 1. The standard InChI is InChI=1S/C21H23NO4/c1-26-19-11-5-4-9-17(19)18-10-6-14-22(18)20(23)13-12-15-7-2-3-8-16(15)21(24)25/h2-5,7-9,11,18H,6,10,12-14H2,1H3,(H,24,25). The molecule has 2 aromatic rings. The molecule has 1 amide bonds. The lowest BCUT2D eigenvalue weighted by Gasteiger charge is -2.26. The molecule has 0 radical (unpaired) electrons. The molecular formula is C21H23NO4. The quantitative estimate of drug-likeness (QED) is 0.860. The highest BCUT2D eigenvalue weighted by atomic mass is 16.5. The van der Waals surface area contributed by atoms with Crippen molar-refractivity contribution < 1.29 is 19.4 Å². The number of benzene rings is 2. The van der Waals surface area contributed by atoms with Gasteiger partial charge in [-0.15, -0.1) is 0 Å². The first-order valence-corrected chi connectivity index (χ1v) is 8.85. The molecule has 5 heteroatoms. The van der Waals surface area contributed by atoms with Crippen molar-refractivity contribution >= 4 is 11.9 Å². The van der Waals surface area contributed by atoms with E-state index in [1.807, 2.05) is 29.2 Å². The average molecular weight is 353 g/mol. The van der Waals surface area contributed by atoms with Gasteiger partial charge in [0.1, 0.15) is 5.75 Å². The molecule has 1 fully saturated rings. The van der Waals surface area contributed by atoms with E-state index < -0.39 is 5.97 Å². The summed E-state index contributed by atoms with van der Waals surface area (Å²) < 4.78 is 5.45. The third kappa shape index (κ3) is 3.72. The number of rotatable bonds is 6. The van der Waals surface area contributed by atoms with Crippen LogP contribution in [0.25, 0.3) is 0 Å². The third-order valence-corrected chi connectivity index (χ3v) is 4.93. The fourth-order valence-electron chi connectivity index (χ4n) is 3.66. The van der Waals surface area contributed by atoms with Gasteiger partial charge in [0, 0.05) is 18.5 Å². The van der Waals surface area contributed by atoms with Crippen LogP contribution in [0.5, 0.6) is 5.75 Å². The van der Waals surface area contributed by atoms with Crippen LogP contribution in [0.4, 0.5) is 0 Å². The molecule has 0 aliphatic carbocycles. The van der Waals surface area contributed by atoms with Crippen molar-refractivity contribution in [2.45, 2.75) is 31.7 Å². The van der Waals surface area contributed by atoms with Gasteiger partial charge in [0.15, 0.2) is 0 Å². The summed E-state index contributed by atoms with van der Waals surface area (Å²) in [6, 6.07) is 14.7. The zero-order valence-corrected chi connectivity index (χ0v) is 14.9. The topological polar surface area (TPSA) is 66.8 Å². The SMILES string of the molecule is COc1ccccc1C1CCCN1C(=O)CCc1ccccc1C(=O)O. The van der Waals surface area contributed by atoms with E-state index in [0.717, 1.165) is 30.7 Å². The van der Waals surface area contributed by atoms with Gasteiger partial charge in [-0.3, -0.25) is 4.79 Å². The van der Waals surface area contributed by atoms with E-state index >= 15 is 0 Å². The maximum absolute atomic E-state index is 12.8. The third-order valence-electron chi connectivity index (χ3n) is 4.93. The van der Waals surface area contributed by atoms with Crippen LogP contribution in [0.3, 0.4) is 0 Å². The Balaban J connectivity index is 1.72. The highest BCUT2D eigenvalue weighted by Crippen LogP contribution is 2.37. The minimum Gasteiger partial charge on any atom is -0.496 e. The van der Waals surface area contributed by atoms with Crippen molar-refractivity contribution in [3.05, 3.63) is 65.2 Å². The van der Waals surface area contributed by atoms with Gasteiger partial charge in [-0.25, -0.2) is 4.79 Å². The second kappa shape index (κ2) is 8.04. The van der Waals surface area contributed by atoms with Gasteiger partial charge in [-0.1, -0.05) is 36.4 Å². The zero-order valence-electron chi connectivity index (χ0n) is 14.9. The van der Waals surface area contributed by atoms with Crippen molar-refractivity contribution in [1.82, 2.24) is 4.90 Å². The number of aryl methyl sites for hydroxylation is 1. The van der Waals surface area contributed by atoms with Crippen molar-refractivity contribution in [1.29, 1.82) is 0 Å². The maximum atomic E-state index is 12.8. The molecule has 5 nitrogen and oxygen atoms in total. The van der Waals surface area contributed by atoms with Crippen molar-refractivity contribution in [3.63, 3.8) is 0 Å². The van der Waals surface area contributed by atoms with Gasteiger partial charge >= 0.3 is 5.97 Å². The molecule has 1 aliphatic heterocycles. The number of likely N-dealkylation sites (tertiary alicyclic amines) is 1. The fourth-order valence-corrected chi connectivity index (χ4v) is 3.66. The minimum atomic E-state index is -0.957. The van der Waals surface area contributed by atoms with Crippen LogP contribution < -0.4 is 4.74 Å². The number of amides is 1. The number of carbonyl (C=O) groups excluding carboxylic acids is 1. The summed E-state index contributed by atoms with van der Waals surface area (Å²) in [7, 11) is 1.64. The molecule has 26 heavy (non-hydrogen) atoms. The molecule has 1 unspecified atom stereocenters. The number of aromatic carboxylic acids is 1. The first-order valence-electron chi connectivity index (χ1n) is 8.85. The van der Waals surface area contributed by atoms with Gasteiger partial charge in [-0.2, -0.15) is 0 Å². The van der Waals surface area contributed by atoms with Crippen molar-refractivity contribution in [3.8, 4) is 5.75 Å². The second-order valence-electron chi connectivity index (χ2n) is 6.45. The van der Waals surface area contributed by atoms with Crippen LogP contribution in [0.1, 0.15) is 46.8 Å². The van der Waals surface area contributed by atoms with Gasteiger partial charge in [0.2, 0.25) is 5.91 Å². The first-order chi connectivity index (χ1) is 12.6. The van der Waals surface area contributed by atoms with Crippen LogP contribution in [0, 0.1) is 0 Å². The Bertz CT molecular complexity index is 802. The van der Waals surface area contributed by atoms with E-state index in [0.29, 0.717) is 18.4 Å². The number of hydrogen-bond acceptors (Lipinski definition) is 3. The van der Waals surface area contributed by atoms with Gasteiger partial charge in [0.25, 0.3) is 0 Å². The molecule has 0 saturated carbocycles. The fraction of sp³-hybridized carbons (Fsp3) is 0.333. The van der Waals surface area contributed by atoms with E-state index in [9.17, 15) is 14.7 Å². The number of carbonyl (C=O) groups is 2. The van der Waals surface area contributed by atoms with Gasteiger partial charge in [-0.05, 0) is 37.0 Å². The predicted molar refractivity (Wildman–Crippen MR) is 98.4 cm³/mol. The van der Waals surface area contributed by atoms with Crippen molar-refractivity contribution in [2.75, 3.05) is 13.7 Å². The molecule has 3 rings (SSSR count). The Hall–Kier alpha value is -2.82. The molecule has 0 aromatic heterocycles. The Morgan fingerprint density at radius 2 is 1.88 bits per heavy atom. The van der Waals surface area contributed by atoms with Crippen LogP contribution in [0.2, 0.25) is 0 Å². The number of para-hydroxylation sites is 1. The number of methoxy groups -OCH3 is 1.